The van der Waals surface area contributed by atoms with Gasteiger partial charge in [0.15, 0.2) is 0 Å². The molecule has 11 heteroatoms. The summed E-state index contributed by atoms with van der Waals surface area (Å²) in [7, 11) is 0. The van der Waals surface area contributed by atoms with Gasteiger partial charge in [0.25, 0.3) is 0 Å². The summed E-state index contributed by atoms with van der Waals surface area (Å²) in [6.07, 6.45) is -0.478. The van der Waals surface area contributed by atoms with E-state index in [0.717, 1.165) is 0 Å². The first kappa shape index (κ1) is 24.3. The molecular weight excluding hydrogens is 358 g/mol. The van der Waals surface area contributed by atoms with E-state index in [4.69, 9.17) is 16.6 Å². The second-order valence-electron chi connectivity index (χ2n) is 6.85. The number of nitrogens with two attached hydrogens (primary N) is 2. The predicted octanol–water partition coefficient (Wildman–Crippen LogP) is -2.33. The minimum Gasteiger partial charge on any atom is -0.480 e. The van der Waals surface area contributed by atoms with E-state index in [1.54, 1.807) is 27.7 Å². The topological polar surface area (TPSA) is 194 Å². The molecule has 0 rings (SSSR count). The van der Waals surface area contributed by atoms with Crippen LogP contribution in [-0.4, -0.2) is 59.4 Å². The van der Waals surface area contributed by atoms with Crippen molar-refractivity contribution in [3.63, 3.8) is 0 Å². The van der Waals surface area contributed by atoms with Crippen molar-refractivity contribution >= 4 is 29.6 Å². The maximum Gasteiger partial charge on any atom is 0.326 e. The second-order valence-corrected chi connectivity index (χ2v) is 6.85. The molecule has 27 heavy (non-hydrogen) atoms. The number of nitrogens with one attached hydrogen (secondary N) is 3. The highest BCUT2D eigenvalue weighted by molar-refractivity contribution is 5.95. The first-order valence-electron chi connectivity index (χ1n) is 8.50. The number of carbonyl (C=O) groups excluding carboxylic acids is 4. The van der Waals surface area contributed by atoms with Gasteiger partial charge in [0.2, 0.25) is 23.6 Å². The van der Waals surface area contributed by atoms with Crippen LogP contribution in [0.3, 0.4) is 0 Å². The van der Waals surface area contributed by atoms with Crippen LogP contribution in [-0.2, 0) is 24.0 Å². The van der Waals surface area contributed by atoms with E-state index in [9.17, 15) is 24.0 Å². The van der Waals surface area contributed by atoms with Crippen molar-refractivity contribution < 1.29 is 29.1 Å². The van der Waals surface area contributed by atoms with E-state index in [1.165, 1.54) is 0 Å². The molecule has 154 valence electrons. The zero-order valence-electron chi connectivity index (χ0n) is 15.9. The third-order valence-corrected chi connectivity index (χ3v) is 3.73. The molecule has 8 N–H and O–H groups in total. The summed E-state index contributed by atoms with van der Waals surface area (Å²) < 4.78 is 0. The Morgan fingerprint density at radius 3 is 1.89 bits per heavy atom. The van der Waals surface area contributed by atoms with Gasteiger partial charge in [0.05, 0.1) is 19.0 Å². The van der Waals surface area contributed by atoms with Gasteiger partial charge in [-0.2, -0.15) is 0 Å². The van der Waals surface area contributed by atoms with Gasteiger partial charge in [0.1, 0.15) is 12.1 Å². The molecule has 4 amide bonds. The minimum absolute atomic E-state index is 0.197. The lowest BCUT2D eigenvalue weighted by Gasteiger charge is -2.22. The molecule has 0 heterocycles. The van der Waals surface area contributed by atoms with Crippen molar-refractivity contribution in [2.24, 2.45) is 23.3 Å². The lowest BCUT2D eigenvalue weighted by Crippen LogP contribution is -2.55. The summed E-state index contributed by atoms with van der Waals surface area (Å²) in [5.41, 5.74) is 10.8. The molecule has 0 saturated heterocycles. The molecule has 0 aliphatic heterocycles. The number of rotatable bonds is 11. The maximum atomic E-state index is 12.2. The summed E-state index contributed by atoms with van der Waals surface area (Å²) in [6.45, 7) is 6.13. The van der Waals surface area contributed by atoms with Crippen LogP contribution in [0.4, 0.5) is 0 Å². The number of carbonyl (C=O) groups is 5. The standard InChI is InChI=1S/C16H29N5O6/c1-7(2)12(18)15(25)20-9(5-10(17)22)14(24)19-6-11(23)21-13(8(3)4)16(26)27/h7-9,12-13H,5-6,18H2,1-4H3,(H2,17,22)(H,19,24)(H,20,25)(H,21,23)(H,26,27). The van der Waals surface area contributed by atoms with Crippen molar-refractivity contribution in [2.75, 3.05) is 6.54 Å². The molecule has 0 aliphatic carbocycles. The molecule has 3 atom stereocenters. The Hall–Kier alpha value is -2.69. The third-order valence-electron chi connectivity index (χ3n) is 3.73. The summed E-state index contributed by atoms with van der Waals surface area (Å²) in [5.74, 6) is -4.77. The Morgan fingerprint density at radius 2 is 1.48 bits per heavy atom. The highest BCUT2D eigenvalue weighted by Gasteiger charge is 2.28. The van der Waals surface area contributed by atoms with Crippen molar-refractivity contribution in [1.29, 1.82) is 0 Å². The number of primary amides is 1. The predicted molar refractivity (Wildman–Crippen MR) is 96.0 cm³/mol. The van der Waals surface area contributed by atoms with Crippen LogP contribution in [0.1, 0.15) is 34.1 Å². The zero-order valence-corrected chi connectivity index (χ0v) is 15.9. The van der Waals surface area contributed by atoms with Gasteiger partial charge in [0, 0.05) is 0 Å². The van der Waals surface area contributed by atoms with Crippen LogP contribution in [0.2, 0.25) is 0 Å². The van der Waals surface area contributed by atoms with Gasteiger partial charge in [-0.1, -0.05) is 27.7 Å². The average Bonchev–Trinajstić information content (AvgIpc) is 2.54. The molecule has 11 nitrogen and oxygen atoms in total. The van der Waals surface area contributed by atoms with Crippen LogP contribution < -0.4 is 27.4 Å². The molecule has 0 fully saturated rings. The molecule has 0 saturated carbocycles. The van der Waals surface area contributed by atoms with Crippen LogP contribution in [0, 0.1) is 11.8 Å². The van der Waals surface area contributed by atoms with Crippen molar-refractivity contribution in [3.05, 3.63) is 0 Å². The Kier molecular flexibility index (Phi) is 10.0. The minimum atomic E-state index is -1.30. The lowest BCUT2D eigenvalue weighted by atomic mass is 10.0. The van der Waals surface area contributed by atoms with Crippen LogP contribution in [0.5, 0.6) is 0 Å². The quantitative estimate of drug-likeness (QED) is 0.229. The van der Waals surface area contributed by atoms with Gasteiger partial charge in [-0.25, -0.2) is 4.79 Å². The highest BCUT2D eigenvalue weighted by Crippen LogP contribution is 2.02. The molecule has 0 radical (unpaired) electrons. The molecular formula is C16H29N5O6. The molecule has 3 unspecified atom stereocenters. The molecule has 0 aromatic rings. The second kappa shape index (κ2) is 11.1. The van der Waals surface area contributed by atoms with E-state index in [0.29, 0.717) is 0 Å². The first-order valence-corrected chi connectivity index (χ1v) is 8.50. The number of hydrogen-bond acceptors (Lipinski definition) is 6. The van der Waals surface area contributed by atoms with Crippen LogP contribution >= 0.6 is 0 Å². The average molecular weight is 387 g/mol. The molecule has 0 bridgehead atoms. The van der Waals surface area contributed by atoms with E-state index >= 15 is 0 Å². The fourth-order valence-corrected chi connectivity index (χ4v) is 2.01. The van der Waals surface area contributed by atoms with Gasteiger partial charge in [-0.05, 0) is 11.8 Å². The zero-order chi connectivity index (χ0) is 21.3. The first-order chi connectivity index (χ1) is 12.4. The largest absolute Gasteiger partial charge is 0.480 e. The van der Waals surface area contributed by atoms with Gasteiger partial charge < -0.3 is 32.5 Å². The van der Waals surface area contributed by atoms with Crippen LogP contribution in [0.15, 0.2) is 0 Å². The highest BCUT2D eigenvalue weighted by atomic mass is 16.4. The Balaban J connectivity index is 4.86. The van der Waals surface area contributed by atoms with E-state index in [-0.39, 0.29) is 11.8 Å². The summed E-state index contributed by atoms with van der Waals surface area (Å²) in [5, 5.41) is 15.9. The van der Waals surface area contributed by atoms with E-state index in [1.807, 2.05) is 0 Å². The molecule has 0 aliphatic rings. The number of carboxylic acid groups (broad SMARTS) is 1. The van der Waals surface area contributed by atoms with Crippen molar-refractivity contribution in [2.45, 2.75) is 52.2 Å². The smallest absolute Gasteiger partial charge is 0.326 e. The Bertz CT molecular complexity index is 578. The maximum absolute atomic E-state index is 12.2. The van der Waals surface area contributed by atoms with Gasteiger partial charge >= 0.3 is 5.97 Å². The van der Waals surface area contributed by atoms with Crippen molar-refractivity contribution in [3.8, 4) is 0 Å². The van der Waals surface area contributed by atoms with Crippen LogP contribution in [0.25, 0.3) is 0 Å². The molecule has 0 aromatic heterocycles. The normalized spacial score (nSPS) is 14.2. The number of amides is 4. The summed E-state index contributed by atoms with van der Waals surface area (Å²) >= 11 is 0. The van der Waals surface area contributed by atoms with Crippen molar-refractivity contribution in [1.82, 2.24) is 16.0 Å². The lowest BCUT2D eigenvalue weighted by molar-refractivity contribution is -0.143. The summed E-state index contributed by atoms with van der Waals surface area (Å²) in [4.78, 5) is 58.3. The number of aliphatic carboxylic acids is 1. The van der Waals surface area contributed by atoms with E-state index < -0.39 is 60.7 Å². The molecule has 0 spiro atoms. The Morgan fingerprint density at radius 1 is 0.926 bits per heavy atom. The fraction of sp³-hybridized carbons (Fsp3) is 0.688. The van der Waals surface area contributed by atoms with Gasteiger partial charge in [-0.3, -0.25) is 19.2 Å². The fourth-order valence-electron chi connectivity index (χ4n) is 2.01. The van der Waals surface area contributed by atoms with Gasteiger partial charge in [-0.15, -0.1) is 0 Å². The number of hydrogen-bond donors (Lipinski definition) is 6. The third kappa shape index (κ3) is 8.99. The molecule has 0 aromatic carbocycles. The monoisotopic (exact) mass is 387 g/mol. The Labute approximate surface area is 157 Å². The van der Waals surface area contributed by atoms with E-state index in [2.05, 4.69) is 16.0 Å². The number of carboxylic acids is 1. The summed E-state index contributed by atoms with van der Waals surface area (Å²) in [6, 6.07) is -3.30. The SMILES string of the molecule is CC(C)C(N)C(=O)NC(CC(N)=O)C(=O)NCC(=O)NC(C(=O)O)C(C)C.